The normalized spacial score (nSPS) is 14.4. The van der Waals surface area contributed by atoms with Crippen LogP contribution in [-0.4, -0.2) is 21.5 Å². The smallest absolute Gasteiger partial charge is 0.134 e. The molecule has 0 atom stereocenters. The number of nitrogens with zero attached hydrogens (tertiary/aromatic N) is 3. The molecule has 0 amide bonds. The molecule has 98 valence electrons. The zero-order valence-corrected chi connectivity index (χ0v) is 11.1. The van der Waals surface area contributed by atoms with Gasteiger partial charge in [0.1, 0.15) is 11.6 Å². The zero-order valence-electron chi connectivity index (χ0n) is 11.1. The van der Waals surface area contributed by atoms with Crippen LogP contribution in [0.15, 0.2) is 30.6 Å². The van der Waals surface area contributed by atoms with Crippen molar-refractivity contribution in [2.75, 3.05) is 11.9 Å². The Morgan fingerprint density at radius 2 is 2.00 bits per heavy atom. The molecule has 0 aromatic carbocycles. The lowest BCUT2D eigenvalue weighted by atomic mass is 10.2. The molecule has 0 spiro atoms. The summed E-state index contributed by atoms with van der Waals surface area (Å²) in [5, 5.41) is 3.36. The fourth-order valence-corrected chi connectivity index (χ4v) is 2.00. The Morgan fingerprint density at radius 1 is 1.21 bits per heavy atom. The second-order valence-electron chi connectivity index (χ2n) is 4.93. The largest absolute Gasteiger partial charge is 0.370 e. The van der Waals surface area contributed by atoms with Crippen LogP contribution in [0, 0.1) is 0 Å². The molecular formula is C15H18N4. The average Bonchev–Trinajstić information content (AvgIpc) is 3.30. The minimum absolute atomic E-state index is 0.559. The minimum Gasteiger partial charge on any atom is -0.370 e. The molecule has 4 nitrogen and oxygen atoms in total. The molecule has 1 fully saturated rings. The maximum absolute atomic E-state index is 4.69. The van der Waals surface area contributed by atoms with E-state index < -0.39 is 0 Å². The van der Waals surface area contributed by atoms with Crippen LogP contribution in [0.3, 0.4) is 0 Å². The molecular weight excluding hydrogens is 236 g/mol. The summed E-state index contributed by atoms with van der Waals surface area (Å²) in [6.07, 6.45) is 7.12. The SMILES string of the molecule is CCCNc1cc(-c2ccncc2)nc(C2CC2)n1. The van der Waals surface area contributed by atoms with E-state index in [2.05, 4.69) is 22.2 Å². The van der Waals surface area contributed by atoms with Crippen LogP contribution >= 0.6 is 0 Å². The fourth-order valence-electron chi connectivity index (χ4n) is 2.00. The van der Waals surface area contributed by atoms with Crippen LogP contribution in [0.2, 0.25) is 0 Å². The Morgan fingerprint density at radius 3 is 2.68 bits per heavy atom. The van der Waals surface area contributed by atoms with E-state index in [1.165, 1.54) is 12.8 Å². The highest BCUT2D eigenvalue weighted by Gasteiger charge is 2.27. The second-order valence-corrected chi connectivity index (χ2v) is 4.93. The molecule has 1 aliphatic rings. The maximum Gasteiger partial charge on any atom is 0.134 e. The minimum atomic E-state index is 0.559. The van der Waals surface area contributed by atoms with Crippen LogP contribution in [-0.2, 0) is 0 Å². The van der Waals surface area contributed by atoms with E-state index in [1.807, 2.05) is 18.2 Å². The zero-order chi connectivity index (χ0) is 13.1. The highest BCUT2D eigenvalue weighted by molar-refractivity contribution is 5.62. The molecule has 2 heterocycles. The molecule has 1 N–H and O–H groups in total. The highest BCUT2D eigenvalue weighted by Crippen LogP contribution is 2.39. The van der Waals surface area contributed by atoms with Gasteiger partial charge in [-0.25, -0.2) is 9.97 Å². The van der Waals surface area contributed by atoms with Crippen LogP contribution < -0.4 is 5.32 Å². The Balaban J connectivity index is 1.96. The first-order chi connectivity index (χ1) is 9.36. The Hall–Kier alpha value is -1.97. The van der Waals surface area contributed by atoms with Gasteiger partial charge >= 0.3 is 0 Å². The predicted octanol–water partition coefficient (Wildman–Crippen LogP) is 3.24. The number of aromatic nitrogens is 3. The fraction of sp³-hybridized carbons (Fsp3) is 0.400. The second kappa shape index (κ2) is 5.34. The molecule has 1 aliphatic carbocycles. The van der Waals surface area contributed by atoms with Gasteiger partial charge in [-0.05, 0) is 31.4 Å². The van der Waals surface area contributed by atoms with Gasteiger partial charge in [0.2, 0.25) is 0 Å². The number of nitrogens with one attached hydrogen (secondary N) is 1. The first-order valence-corrected chi connectivity index (χ1v) is 6.90. The molecule has 4 heteroatoms. The van der Waals surface area contributed by atoms with Crippen LogP contribution in [0.4, 0.5) is 5.82 Å². The molecule has 0 bridgehead atoms. The molecule has 19 heavy (non-hydrogen) atoms. The predicted molar refractivity (Wildman–Crippen MR) is 76.0 cm³/mol. The summed E-state index contributed by atoms with van der Waals surface area (Å²) in [7, 11) is 0. The van der Waals surface area contributed by atoms with Crippen molar-refractivity contribution in [2.24, 2.45) is 0 Å². The number of pyridine rings is 1. The molecule has 2 aromatic heterocycles. The van der Waals surface area contributed by atoms with Gasteiger partial charge in [0.05, 0.1) is 5.69 Å². The van der Waals surface area contributed by atoms with Crippen LogP contribution in [0.1, 0.15) is 37.9 Å². The first-order valence-electron chi connectivity index (χ1n) is 6.90. The molecule has 2 aromatic rings. The molecule has 0 aliphatic heterocycles. The number of hydrogen-bond donors (Lipinski definition) is 1. The van der Waals surface area contributed by atoms with Crippen molar-refractivity contribution in [3.05, 3.63) is 36.4 Å². The maximum atomic E-state index is 4.69. The van der Waals surface area contributed by atoms with Crippen LogP contribution in [0.5, 0.6) is 0 Å². The van der Waals surface area contributed by atoms with Crippen molar-refractivity contribution in [1.82, 2.24) is 15.0 Å². The standard InChI is InChI=1S/C15H18N4/c1-2-7-17-14-10-13(11-5-8-16-9-6-11)18-15(19-14)12-3-4-12/h5-6,8-10,12H,2-4,7H2,1H3,(H,17,18,19). The summed E-state index contributed by atoms with van der Waals surface area (Å²) in [6, 6.07) is 6.00. The summed E-state index contributed by atoms with van der Waals surface area (Å²) in [5.74, 6) is 2.47. The van der Waals surface area contributed by atoms with Gasteiger partial charge in [0.25, 0.3) is 0 Å². The number of rotatable bonds is 5. The van der Waals surface area contributed by atoms with Crippen molar-refractivity contribution < 1.29 is 0 Å². The molecule has 0 radical (unpaired) electrons. The van der Waals surface area contributed by atoms with Crippen molar-refractivity contribution >= 4 is 5.82 Å². The van der Waals surface area contributed by atoms with Crippen molar-refractivity contribution in [3.8, 4) is 11.3 Å². The Labute approximate surface area is 113 Å². The van der Waals surface area contributed by atoms with Gasteiger partial charge in [-0.3, -0.25) is 4.98 Å². The van der Waals surface area contributed by atoms with Crippen molar-refractivity contribution in [2.45, 2.75) is 32.1 Å². The molecule has 0 saturated heterocycles. The van der Waals surface area contributed by atoms with Crippen molar-refractivity contribution in [3.63, 3.8) is 0 Å². The van der Waals surface area contributed by atoms with E-state index in [1.54, 1.807) is 12.4 Å². The molecule has 3 rings (SSSR count). The van der Waals surface area contributed by atoms with E-state index in [4.69, 9.17) is 4.98 Å². The lowest BCUT2D eigenvalue weighted by molar-refractivity contribution is 0.911. The monoisotopic (exact) mass is 254 g/mol. The summed E-state index contributed by atoms with van der Waals surface area (Å²) in [5.41, 5.74) is 2.08. The van der Waals surface area contributed by atoms with E-state index in [0.717, 1.165) is 35.9 Å². The summed E-state index contributed by atoms with van der Waals surface area (Å²) in [4.78, 5) is 13.4. The third-order valence-corrected chi connectivity index (χ3v) is 3.22. The van der Waals surface area contributed by atoms with Gasteiger partial charge < -0.3 is 5.32 Å². The molecule has 0 unspecified atom stereocenters. The van der Waals surface area contributed by atoms with Crippen molar-refractivity contribution in [1.29, 1.82) is 0 Å². The third-order valence-electron chi connectivity index (χ3n) is 3.22. The van der Waals surface area contributed by atoms with Gasteiger partial charge in [0, 0.05) is 36.5 Å². The van der Waals surface area contributed by atoms with Gasteiger partial charge in [-0.15, -0.1) is 0 Å². The summed E-state index contributed by atoms with van der Waals surface area (Å²) in [6.45, 7) is 3.09. The Bertz CT molecular complexity index is 549. The van der Waals surface area contributed by atoms with E-state index in [0.29, 0.717) is 5.92 Å². The first kappa shape index (κ1) is 12.1. The third kappa shape index (κ3) is 2.89. The quantitative estimate of drug-likeness (QED) is 0.890. The highest BCUT2D eigenvalue weighted by atomic mass is 15.0. The number of hydrogen-bond acceptors (Lipinski definition) is 4. The van der Waals surface area contributed by atoms with Gasteiger partial charge in [0.15, 0.2) is 0 Å². The lowest BCUT2D eigenvalue weighted by Crippen LogP contribution is -2.05. The molecule has 1 saturated carbocycles. The number of anilines is 1. The van der Waals surface area contributed by atoms with Gasteiger partial charge in [-0.1, -0.05) is 6.92 Å². The van der Waals surface area contributed by atoms with Crippen LogP contribution in [0.25, 0.3) is 11.3 Å². The van der Waals surface area contributed by atoms with E-state index >= 15 is 0 Å². The summed E-state index contributed by atoms with van der Waals surface area (Å²) < 4.78 is 0. The summed E-state index contributed by atoms with van der Waals surface area (Å²) >= 11 is 0. The van der Waals surface area contributed by atoms with E-state index in [-0.39, 0.29) is 0 Å². The topological polar surface area (TPSA) is 50.7 Å². The van der Waals surface area contributed by atoms with E-state index in [9.17, 15) is 0 Å². The van der Waals surface area contributed by atoms with Gasteiger partial charge in [-0.2, -0.15) is 0 Å². The Kier molecular flexibility index (Phi) is 3.40. The lowest BCUT2D eigenvalue weighted by Gasteiger charge is -2.09. The average molecular weight is 254 g/mol.